The summed E-state index contributed by atoms with van der Waals surface area (Å²) in [6, 6.07) is 12.6. The van der Waals surface area contributed by atoms with Crippen molar-refractivity contribution in [1.29, 1.82) is 0 Å². The number of urea groups is 1. The molecular formula is C24H26FN3O4. The van der Waals surface area contributed by atoms with Crippen LogP contribution < -0.4 is 10.1 Å². The highest BCUT2D eigenvalue weighted by atomic mass is 19.1. The van der Waals surface area contributed by atoms with Crippen LogP contribution in [0.15, 0.2) is 48.5 Å². The van der Waals surface area contributed by atoms with Gasteiger partial charge in [-0.3, -0.25) is 14.5 Å². The Morgan fingerprint density at radius 3 is 2.50 bits per heavy atom. The van der Waals surface area contributed by atoms with Crippen molar-refractivity contribution in [1.82, 2.24) is 15.1 Å². The van der Waals surface area contributed by atoms with Crippen molar-refractivity contribution in [3.05, 3.63) is 65.5 Å². The molecule has 0 spiro atoms. The van der Waals surface area contributed by atoms with Crippen LogP contribution in [0.2, 0.25) is 0 Å². The summed E-state index contributed by atoms with van der Waals surface area (Å²) in [5, 5.41) is 2.71. The first-order chi connectivity index (χ1) is 15.3. The van der Waals surface area contributed by atoms with Gasteiger partial charge in [-0.1, -0.05) is 30.3 Å². The van der Waals surface area contributed by atoms with Crippen LogP contribution in [0.4, 0.5) is 9.18 Å². The number of halogens is 1. The minimum absolute atomic E-state index is 0.000339. The minimum atomic E-state index is -1.28. The lowest BCUT2D eigenvalue weighted by Crippen LogP contribution is -2.45. The van der Waals surface area contributed by atoms with Gasteiger partial charge in [-0.05, 0) is 50.5 Å². The Morgan fingerprint density at radius 1 is 1.19 bits per heavy atom. The highest BCUT2D eigenvalue weighted by molar-refractivity contribution is 6.09. The molecule has 168 valence electrons. The molecule has 1 atom stereocenters. The smallest absolute Gasteiger partial charge is 0.325 e. The third-order valence-electron chi connectivity index (χ3n) is 5.92. The molecule has 0 radical (unpaired) electrons. The summed E-state index contributed by atoms with van der Waals surface area (Å²) in [7, 11) is 0. The molecule has 0 aromatic heterocycles. The maximum absolute atomic E-state index is 14.1. The molecule has 2 aromatic carbocycles. The van der Waals surface area contributed by atoms with Gasteiger partial charge in [0.1, 0.15) is 23.7 Å². The summed E-state index contributed by atoms with van der Waals surface area (Å²) in [5.41, 5.74) is -0.276. The van der Waals surface area contributed by atoms with Crippen LogP contribution in [0.25, 0.3) is 0 Å². The first-order valence-electron chi connectivity index (χ1n) is 10.7. The lowest BCUT2D eigenvalue weighted by molar-refractivity contribution is -0.139. The van der Waals surface area contributed by atoms with Gasteiger partial charge in [0.05, 0.1) is 6.61 Å². The van der Waals surface area contributed by atoms with Gasteiger partial charge in [-0.25, -0.2) is 9.18 Å². The number of ether oxygens (including phenoxy) is 1. The van der Waals surface area contributed by atoms with Gasteiger partial charge in [0.15, 0.2) is 0 Å². The molecule has 2 fully saturated rings. The van der Waals surface area contributed by atoms with E-state index in [4.69, 9.17) is 4.74 Å². The Labute approximate surface area is 186 Å². The zero-order valence-corrected chi connectivity index (χ0v) is 18.1. The molecule has 2 aliphatic rings. The largest absolute Gasteiger partial charge is 0.494 e. The van der Waals surface area contributed by atoms with E-state index in [0.29, 0.717) is 23.5 Å². The molecule has 1 aliphatic heterocycles. The van der Waals surface area contributed by atoms with Crippen molar-refractivity contribution in [3.63, 3.8) is 0 Å². The molecule has 0 bridgehead atoms. The summed E-state index contributed by atoms with van der Waals surface area (Å²) < 4.78 is 19.5. The number of benzene rings is 2. The second-order valence-corrected chi connectivity index (χ2v) is 8.25. The average Bonchev–Trinajstić information content (AvgIpc) is 3.58. The molecule has 4 amide bonds. The molecular weight excluding hydrogens is 413 g/mol. The third-order valence-corrected chi connectivity index (χ3v) is 5.92. The zero-order chi connectivity index (χ0) is 22.9. The van der Waals surface area contributed by atoms with Crippen LogP contribution in [0.1, 0.15) is 37.8 Å². The number of amides is 4. The predicted octanol–water partition coefficient (Wildman–Crippen LogP) is 3.18. The van der Waals surface area contributed by atoms with Crippen LogP contribution >= 0.6 is 0 Å². The molecule has 1 aliphatic carbocycles. The maximum Gasteiger partial charge on any atom is 0.325 e. The number of hydrogen-bond donors (Lipinski definition) is 1. The summed E-state index contributed by atoms with van der Waals surface area (Å²) in [6.07, 6.45) is 1.65. The molecule has 0 unspecified atom stereocenters. The van der Waals surface area contributed by atoms with Gasteiger partial charge in [-0.2, -0.15) is 0 Å². The molecule has 4 rings (SSSR count). The van der Waals surface area contributed by atoms with Crippen molar-refractivity contribution >= 4 is 17.8 Å². The van der Waals surface area contributed by atoms with E-state index >= 15 is 0 Å². The van der Waals surface area contributed by atoms with E-state index in [1.165, 1.54) is 6.07 Å². The minimum Gasteiger partial charge on any atom is -0.494 e. The molecule has 1 saturated heterocycles. The third kappa shape index (κ3) is 4.17. The van der Waals surface area contributed by atoms with Gasteiger partial charge in [0.25, 0.3) is 5.91 Å². The first-order valence-corrected chi connectivity index (χ1v) is 10.7. The fourth-order valence-electron chi connectivity index (χ4n) is 3.93. The molecule has 1 heterocycles. The summed E-state index contributed by atoms with van der Waals surface area (Å²) in [4.78, 5) is 41.4. The monoisotopic (exact) mass is 439 g/mol. The quantitative estimate of drug-likeness (QED) is 0.641. The second kappa shape index (κ2) is 8.61. The topological polar surface area (TPSA) is 79.0 Å². The number of imide groups is 1. The first kappa shape index (κ1) is 21.8. The van der Waals surface area contributed by atoms with Crippen molar-refractivity contribution < 1.29 is 23.5 Å². The lowest BCUT2D eigenvalue weighted by atomic mass is 9.92. The Hall–Kier alpha value is -3.42. The Kier molecular flexibility index (Phi) is 5.86. The van der Waals surface area contributed by atoms with Crippen LogP contribution in [0, 0.1) is 5.82 Å². The Balaban J connectivity index is 1.49. The fraction of sp³-hybridized carbons (Fsp3) is 0.375. The molecule has 1 saturated carbocycles. The van der Waals surface area contributed by atoms with Crippen molar-refractivity contribution in [2.45, 2.75) is 44.8 Å². The highest BCUT2D eigenvalue weighted by Crippen LogP contribution is 2.32. The number of rotatable bonds is 8. The summed E-state index contributed by atoms with van der Waals surface area (Å²) in [6.45, 7) is 3.73. The van der Waals surface area contributed by atoms with E-state index in [0.717, 1.165) is 17.7 Å². The highest BCUT2D eigenvalue weighted by Gasteiger charge is 2.50. The Morgan fingerprint density at radius 2 is 1.88 bits per heavy atom. The normalized spacial score (nSPS) is 20.3. The average molecular weight is 439 g/mol. The molecule has 2 aromatic rings. The zero-order valence-electron chi connectivity index (χ0n) is 18.1. The van der Waals surface area contributed by atoms with Crippen molar-refractivity contribution in [2.24, 2.45) is 0 Å². The number of nitrogens with one attached hydrogen (secondary N) is 1. The Bertz CT molecular complexity index is 1040. The molecule has 1 N–H and O–H groups in total. The van der Waals surface area contributed by atoms with Gasteiger partial charge in [0, 0.05) is 18.2 Å². The van der Waals surface area contributed by atoms with Crippen LogP contribution in [-0.2, 0) is 21.7 Å². The summed E-state index contributed by atoms with van der Waals surface area (Å²) >= 11 is 0. The van der Waals surface area contributed by atoms with Crippen LogP contribution in [0.3, 0.4) is 0 Å². The predicted molar refractivity (Wildman–Crippen MR) is 115 cm³/mol. The fourth-order valence-corrected chi connectivity index (χ4v) is 3.93. The second-order valence-electron chi connectivity index (χ2n) is 8.25. The van der Waals surface area contributed by atoms with Crippen molar-refractivity contribution in [3.8, 4) is 5.75 Å². The van der Waals surface area contributed by atoms with E-state index in [1.54, 1.807) is 54.3 Å². The van der Waals surface area contributed by atoms with E-state index in [9.17, 15) is 18.8 Å². The number of carbonyl (C=O) groups excluding carboxylic acids is 3. The SMILES string of the molecule is CCOc1ccc([C@]2(C)NC(=O)N(CC(=O)N(Cc3ccccc3F)C3CC3)C2=O)cc1. The molecule has 32 heavy (non-hydrogen) atoms. The van der Waals surface area contributed by atoms with Gasteiger partial charge >= 0.3 is 6.03 Å². The number of carbonyl (C=O) groups is 3. The van der Waals surface area contributed by atoms with Gasteiger partial charge in [0.2, 0.25) is 5.91 Å². The van der Waals surface area contributed by atoms with Crippen LogP contribution in [-0.4, -0.2) is 46.8 Å². The van der Waals surface area contributed by atoms with E-state index in [2.05, 4.69) is 5.32 Å². The maximum atomic E-state index is 14.1. The standard InChI is InChI=1S/C24H26FN3O4/c1-3-32-19-12-8-17(9-13-19)24(2)22(30)28(23(31)26-24)15-21(29)27(18-10-11-18)14-16-6-4-5-7-20(16)25/h4-9,12-13,18H,3,10-11,14-15H2,1-2H3,(H,26,31)/t24-/m0/s1. The lowest BCUT2D eigenvalue weighted by Gasteiger charge is -2.26. The van der Waals surface area contributed by atoms with Crippen molar-refractivity contribution in [2.75, 3.05) is 13.2 Å². The molecule has 7 nitrogen and oxygen atoms in total. The summed E-state index contributed by atoms with van der Waals surface area (Å²) in [5.74, 6) is -0.599. The number of hydrogen-bond acceptors (Lipinski definition) is 4. The van der Waals surface area contributed by atoms with E-state index in [-0.39, 0.29) is 30.9 Å². The van der Waals surface area contributed by atoms with E-state index in [1.807, 2.05) is 6.92 Å². The van der Waals surface area contributed by atoms with E-state index < -0.39 is 17.5 Å². The number of nitrogens with zero attached hydrogens (tertiary/aromatic N) is 2. The van der Waals surface area contributed by atoms with Crippen LogP contribution in [0.5, 0.6) is 5.75 Å². The molecule has 8 heteroatoms. The van der Waals surface area contributed by atoms with Gasteiger partial charge in [-0.15, -0.1) is 0 Å². The van der Waals surface area contributed by atoms with Gasteiger partial charge < -0.3 is 15.0 Å².